The van der Waals surface area contributed by atoms with Crippen LogP contribution in [0.3, 0.4) is 0 Å². The highest BCUT2D eigenvalue weighted by Crippen LogP contribution is 2.33. The Morgan fingerprint density at radius 2 is 2.14 bits per heavy atom. The molecule has 28 heavy (non-hydrogen) atoms. The molecule has 2 atom stereocenters. The van der Waals surface area contributed by atoms with Gasteiger partial charge in [0.25, 0.3) is 0 Å². The number of likely N-dealkylation sites (tertiary alicyclic amines) is 1. The summed E-state index contributed by atoms with van der Waals surface area (Å²) in [6, 6.07) is 1.70. The van der Waals surface area contributed by atoms with E-state index >= 15 is 0 Å². The van der Waals surface area contributed by atoms with Gasteiger partial charge in [-0.25, -0.2) is 4.98 Å². The van der Waals surface area contributed by atoms with Crippen LogP contribution in [-0.4, -0.2) is 48.2 Å². The van der Waals surface area contributed by atoms with Crippen LogP contribution in [0.2, 0.25) is 0 Å². The minimum atomic E-state index is -0.719. The Kier molecular flexibility index (Phi) is 4.46. The van der Waals surface area contributed by atoms with E-state index in [4.69, 9.17) is 5.73 Å². The maximum Gasteiger partial charge on any atom is 0.314 e. The molecule has 10 nitrogen and oxygen atoms in total. The second-order valence-electron chi connectivity index (χ2n) is 7.21. The first-order chi connectivity index (χ1) is 13.5. The van der Waals surface area contributed by atoms with E-state index < -0.39 is 11.8 Å². The summed E-state index contributed by atoms with van der Waals surface area (Å²) < 4.78 is 1.75. The molecule has 0 saturated carbocycles. The number of hydrogen-bond donors (Lipinski definition) is 3. The summed E-state index contributed by atoms with van der Waals surface area (Å²) in [7, 11) is 1.84. The van der Waals surface area contributed by atoms with Crippen molar-refractivity contribution in [3.05, 3.63) is 30.4 Å². The molecule has 3 aromatic heterocycles. The molecule has 10 heteroatoms. The Balaban J connectivity index is 1.59. The molecule has 4 rings (SSSR count). The van der Waals surface area contributed by atoms with Gasteiger partial charge in [0.05, 0.1) is 40.7 Å². The third kappa shape index (κ3) is 3.06. The number of carbonyl (C=O) groups excluding carboxylic acids is 2. The molecule has 4 N–H and O–H groups in total. The maximum atomic E-state index is 13.0. The molecule has 1 aliphatic heterocycles. The monoisotopic (exact) mass is 382 g/mol. The van der Waals surface area contributed by atoms with Crippen molar-refractivity contribution < 1.29 is 9.59 Å². The Bertz CT molecular complexity index is 1040. The number of rotatable bonds is 2. The van der Waals surface area contributed by atoms with Gasteiger partial charge < -0.3 is 16.0 Å². The molecule has 0 spiro atoms. The molecule has 1 saturated heterocycles. The lowest BCUT2D eigenvalue weighted by molar-refractivity contribution is -0.146. The molecule has 3 aromatic rings. The number of aryl methyl sites for hydroxylation is 1. The van der Waals surface area contributed by atoms with E-state index in [0.29, 0.717) is 34.9 Å². The standard InChI is InChI=1S/C18H22N8O2/c1-10-3-4-14(13-5-6-22-25(13)2)26(9-10)18(28)17(27)23-12-8-20-16(19)11-7-21-24-15(11)12/h5-8,10,14H,3-4,9H2,1-2H3,(H2,19,20)(H,21,24)(H,23,27)/t10-,14-/m0/s1. The van der Waals surface area contributed by atoms with Crippen molar-refractivity contribution in [2.24, 2.45) is 13.0 Å². The van der Waals surface area contributed by atoms with E-state index in [1.165, 1.54) is 12.4 Å². The van der Waals surface area contributed by atoms with Crippen molar-refractivity contribution >= 4 is 34.2 Å². The summed E-state index contributed by atoms with van der Waals surface area (Å²) in [5.74, 6) is -0.682. The molecule has 4 heterocycles. The summed E-state index contributed by atoms with van der Waals surface area (Å²) >= 11 is 0. The molecular weight excluding hydrogens is 360 g/mol. The van der Waals surface area contributed by atoms with Gasteiger partial charge in [0.2, 0.25) is 0 Å². The third-order valence-electron chi connectivity index (χ3n) is 5.24. The summed E-state index contributed by atoms with van der Waals surface area (Å²) in [6.45, 7) is 2.59. The average molecular weight is 382 g/mol. The van der Waals surface area contributed by atoms with Crippen molar-refractivity contribution in [3.63, 3.8) is 0 Å². The molecule has 0 radical (unpaired) electrons. The number of anilines is 2. The first kappa shape index (κ1) is 18.0. The molecule has 0 aromatic carbocycles. The van der Waals surface area contributed by atoms with Gasteiger partial charge in [0.1, 0.15) is 5.82 Å². The summed E-state index contributed by atoms with van der Waals surface area (Å²) in [5, 5.41) is 14.1. The molecule has 0 aliphatic carbocycles. The van der Waals surface area contributed by atoms with Gasteiger partial charge in [0, 0.05) is 19.8 Å². The zero-order chi connectivity index (χ0) is 19.8. The highest BCUT2D eigenvalue weighted by Gasteiger charge is 2.35. The van der Waals surface area contributed by atoms with E-state index in [-0.39, 0.29) is 6.04 Å². The zero-order valence-electron chi connectivity index (χ0n) is 15.7. The SMILES string of the molecule is C[C@H]1CC[C@@H](c2ccnn2C)N(C(=O)C(=O)Nc2cnc(N)c3cn[nH]c23)C1. The quantitative estimate of drug-likeness (QED) is 0.570. The van der Waals surface area contributed by atoms with E-state index in [1.807, 2.05) is 13.1 Å². The fraction of sp³-hybridized carbons (Fsp3) is 0.389. The van der Waals surface area contributed by atoms with Crippen LogP contribution < -0.4 is 11.1 Å². The van der Waals surface area contributed by atoms with Crippen LogP contribution in [0.15, 0.2) is 24.7 Å². The van der Waals surface area contributed by atoms with Crippen molar-refractivity contribution in [2.75, 3.05) is 17.6 Å². The maximum absolute atomic E-state index is 13.0. The highest BCUT2D eigenvalue weighted by molar-refractivity contribution is 6.40. The number of fused-ring (bicyclic) bond motifs is 1. The van der Waals surface area contributed by atoms with Crippen molar-refractivity contribution in [3.8, 4) is 0 Å². The van der Waals surface area contributed by atoms with Crippen LogP contribution in [-0.2, 0) is 16.6 Å². The number of piperidine rings is 1. The lowest BCUT2D eigenvalue weighted by Crippen LogP contribution is -2.47. The number of hydrogen-bond acceptors (Lipinski definition) is 6. The largest absolute Gasteiger partial charge is 0.383 e. The topological polar surface area (TPSA) is 135 Å². The first-order valence-electron chi connectivity index (χ1n) is 9.13. The number of carbonyl (C=O) groups is 2. The molecule has 1 fully saturated rings. The zero-order valence-corrected chi connectivity index (χ0v) is 15.7. The van der Waals surface area contributed by atoms with E-state index in [0.717, 1.165) is 18.5 Å². The van der Waals surface area contributed by atoms with Gasteiger partial charge in [-0.2, -0.15) is 10.2 Å². The molecule has 0 bridgehead atoms. The Hall–Kier alpha value is -3.43. The van der Waals surface area contributed by atoms with Crippen LogP contribution in [0.4, 0.5) is 11.5 Å². The minimum absolute atomic E-state index is 0.182. The van der Waals surface area contributed by atoms with E-state index in [9.17, 15) is 9.59 Å². The van der Waals surface area contributed by atoms with Crippen LogP contribution in [0.1, 0.15) is 31.5 Å². The molecule has 2 amide bonds. The third-order valence-corrected chi connectivity index (χ3v) is 5.24. The van der Waals surface area contributed by atoms with Gasteiger partial charge >= 0.3 is 11.8 Å². The van der Waals surface area contributed by atoms with Gasteiger partial charge in [-0.15, -0.1) is 0 Å². The molecule has 146 valence electrons. The van der Waals surface area contributed by atoms with Crippen molar-refractivity contribution in [1.82, 2.24) is 29.9 Å². The second kappa shape index (κ2) is 6.95. The predicted octanol–water partition coefficient (Wildman–Crippen LogP) is 1.21. The van der Waals surface area contributed by atoms with Gasteiger partial charge in [0.15, 0.2) is 0 Å². The number of nitrogen functional groups attached to an aromatic ring is 1. The lowest BCUT2D eigenvalue weighted by atomic mass is 9.92. The molecular formula is C18H22N8O2. The fourth-order valence-corrected chi connectivity index (χ4v) is 3.75. The summed E-state index contributed by atoms with van der Waals surface area (Å²) in [5.41, 5.74) is 7.62. The first-order valence-corrected chi connectivity index (χ1v) is 9.13. The normalized spacial score (nSPS) is 19.7. The van der Waals surface area contributed by atoms with Crippen LogP contribution in [0, 0.1) is 5.92 Å². The average Bonchev–Trinajstić information content (AvgIpc) is 3.33. The molecule has 1 aliphatic rings. The number of nitrogens with zero attached hydrogens (tertiary/aromatic N) is 5. The highest BCUT2D eigenvalue weighted by atomic mass is 16.2. The number of aromatic nitrogens is 5. The Morgan fingerprint density at radius 3 is 2.89 bits per heavy atom. The van der Waals surface area contributed by atoms with Crippen LogP contribution >= 0.6 is 0 Å². The van der Waals surface area contributed by atoms with E-state index in [2.05, 4.69) is 32.5 Å². The van der Waals surface area contributed by atoms with Crippen molar-refractivity contribution in [1.29, 1.82) is 0 Å². The lowest BCUT2D eigenvalue weighted by Gasteiger charge is -2.38. The smallest absolute Gasteiger partial charge is 0.314 e. The van der Waals surface area contributed by atoms with Crippen molar-refractivity contribution in [2.45, 2.75) is 25.8 Å². The summed E-state index contributed by atoms with van der Waals surface area (Å²) in [6.07, 6.45) is 6.41. The Labute approximate surface area is 161 Å². The van der Waals surface area contributed by atoms with Gasteiger partial charge in [-0.3, -0.25) is 19.4 Å². The number of pyridine rings is 1. The number of H-pyrrole nitrogens is 1. The fourth-order valence-electron chi connectivity index (χ4n) is 3.75. The number of aromatic amines is 1. The Morgan fingerprint density at radius 1 is 1.32 bits per heavy atom. The van der Waals surface area contributed by atoms with Crippen LogP contribution in [0.5, 0.6) is 0 Å². The minimum Gasteiger partial charge on any atom is -0.383 e. The second-order valence-corrected chi connectivity index (χ2v) is 7.21. The number of nitrogens with two attached hydrogens (primary N) is 1. The van der Waals surface area contributed by atoms with Gasteiger partial charge in [-0.05, 0) is 24.8 Å². The van der Waals surface area contributed by atoms with E-state index in [1.54, 1.807) is 15.8 Å². The van der Waals surface area contributed by atoms with Crippen LogP contribution in [0.25, 0.3) is 10.9 Å². The van der Waals surface area contributed by atoms with Gasteiger partial charge in [-0.1, -0.05) is 6.92 Å². The predicted molar refractivity (Wildman–Crippen MR) is 103 cm³/mol. The molecule has 0 unspecified atom stereocenters. The number of nitrogens with one attached hydrogen (secondary N) is 2. The summed E-state index contributed by atoms with van der Waals surface area (Å²) in [4.78, 5) is 31.5. The number of amides is 2.